The Labute approximate surface area is 354 Å². The third-order valence-electron chi connectivity index (χ3n) is 9.27. The number of hydrogen-bond donors (Lipinski definition) is 4. The number of rotatable bonds is 18. The maximum atomic E-state index is 13.8. The Morgan fingerprint density at radius 3 is 2.49 bits per heavy atom. The number of carbonyl (C=O) groups is 1. The molecule has 314 valence electrons. The smallest absolute Gasteiger partial charge is 0.419 e. The third kappa shape index (κ3) is 10.9. The summed E-state index contributed by atoms with van der Waals surface area (Å²) in [5.74, 6) is -1.08. The number of aromatic amines is 1. The number of aliphatic hydroxyl groups is 1. The fourth-order valence-corrected chi connectivity index (χ4v) is 7.44. The van der Waals surface area contributed by atoms with Gasteiger partial charge < -0.3 is 20.5 Å². The van der Waals surface area contributed by atoms with Crippen molar-refractivity contribution in [3.8, 4) is 33.4 Å². The zero-order valence-electron chi connectivity index (χ0n) is 32.2. The van der Waals surface area contributed by atoms with E-state index in [-0.39, 0.29) is 30.5 Å². The van der Waals surface area contributed by atoms with Crippen molar-refractivity contribution in [1.82, 2.24) is 30.5 Å². The highest BCUT2D eigenvalue weighted by Crippen LogP contribution is 2.33. The second-order valence-corrected chi connectivity index (χ2v) is 15.2. The molecule has 3 aromatic heterocycles. The highest BCUT2D eigenvalue weighted by atomic mass is 32.1. The Hall–Kier alpha value is -6.41. The van der Waals surface area contributed by atoms with E-state index in [0.717, 1.165) is 40.8 Å². The number of amides is 1. The molecule has 7 rings (SSSR count). The van der Waals surface area contributed by atoms with Gasteiger partial charge in [-0.25, -0.2) is 14.4 Å². The minimum Gasteiger partial charge on any atom is -0.489 e. The molecule has 0 aliphatic carbocycles. The summed E-state index contributed by atoms with van der Waals surface area (Å²) >= 11 is 2.55. The number of hydrogen-bond acceptors (Lipinski definition) is 11. The molecule has 1 amide bonds. The fourth-order valence-electron chi connectivity index (χ4n) is 6.21. The summed E-state index contributed by atoms with van der Waals surface area (Å²) in [6, 6.07) is 24.6. The highest BCUT2D eigenvalue weighted by molar-refractivity contribution is 7.13. The van der Waals surface area contributed by atoms with Crippen LogP contribution in [0.5, 0.6) is 5.75 Å². The van der Waals surface area contributed by atoms with Crippen molar-refractivity contribution >= 4 is 39.5 Å². The lowest BCUT2D eigenvalue weighted by atomic mass is 10.0. The summed E-state index contributed by atoms with van der Waals surface area (Å²) < 4.78 is 59.8. The van der Waals surface area contributed by atoms with Gasteiger partial charge >= 0.3 is 12.0 Å². The number of H-pyrrole nitrogens is 1. The number of azo groups is 1. The average molecular weight is 873 g/mol. The monoisotopic (exact) mass is 872 g/mol. The third-order valence-corrected chi connectivity index (χ3v) is 10.7. The molecule has 7 aromatic rings. The van der Waals surface area contributed by atoms with Crippen molar-refractivity contribution in [2.45, 2.75) is 38.6 Å². The number of ether oxygens (including phenoxy) is 1. The van der Waals surface area contributed by atoms with Crippen molar-refractivity contribution in [2.24, 2.45) is 10.2 Å². The quantitative estimate of drug-likeness (QED) is 0.0289. The molecule has 4 aromatic carbocycles. The first-order valence-corrected chi connectivity index (χ1v) is 20.7. The van der Waals surface area contributed by atoms with Gasteiger partial charge in [0.2, 0.25) is 10.8 Å². The average Bonchev–Trinajstić information content (AvgIpc) is 4.04. The van der Waals surface area contributed by atoms with Crippen molar-refractivity contribution in [2.75, 3.05) is 19.7 Å². The first-order chi connectivity index (χ1) is 29.6. The molecule has 0 saturated heterocycles. The van der Waals surface area contributed by atoms with Crippen LogP contribution in [-0.2, 0) is 25.7 Å². The van der Waals surface area contributed by atoms with E-state index >= 15 is 0 Å². The highest BCUT2D eigenvalue weighted by Gasteiger charge is 2.34. The van der Waals surface area contributed by atoms with Crippen LogP contribution in [0.15, 0.2) is 118 Å². The minimum atomic E-state index is -4.82. The van der Waals surface area contributed by atoms with Gasteiger partial charge in [0, 0.05) is 64.0 Å². The Morgan fingerprint density at radius 1 is 0.934 bits per heavy atom. The van der Waals surface area contributed by atoms with E-state index in [4.69, 9.17) is 4.74 Å². The first-order valence-electron chi connectivity index (χ1n) is 19.0. The Balaban J connectivity index is 0.928. The maximum absolute atomic E-state index is 13.8. The van der Waals surface area contributed by atoms with Gasteiger partial charge in [0.05, 0.1) is 22.4 Å². The second-order valence-electron chi connectivity index (χ2n) is 13.5. The molecule has 0 aliphatic heterocycles. The predicted molar refractivity (Wildman–Crippen MR) is 223 cm³/mol. The van der Waals surface area contributed by atoms with E-state index in [1.165, 1.54) is 33.5 Å². The van der Waals surface area contributed by atoms with Crippen molar-refractivity contribution in [1.29, 1.82) is 0 Å². The summed E-state index contributed by atoms with van der Waals surface area (Å²) in [7, 11) is 0. The van der Waals surface area contributed by atoms with Gasteiger partial charge in [-0.05, 0) is 70.6 Å². The standard InChI is InChI=1S/C42H37F4N9O4S2/c43-34-15-9-28(23-33(34)42(44,45)46)25-59-36-16-10-27(22-32(36)24-47-18-20-56)6-4-5-17-48-39(57)31-13-11-29(12-14-31)35-26-61-41(50-35)54-53-37(30-7-2-1-3-8-30)38(55(54)58)51-52-40-49-19-21-60-40/h1-3,7-16,19,21-23,26,47,56H,4-6,17-18,20,24-25H2,(H-,48,49,52,53,57,58)/p+1. The first kappa shape index (κ1) is 42.7. The molecule has 0 saturated carbocycles. The molecule has 0 radical (unpaired) electrons. The van der Waals surface area contributed by atoms with Crippen LogP contribution < -0.4 is 19.9 Å². The lowest BCUT2D eigenvalue weighted by Crippen LogP contribution is -2.26. The van der Waals surface area contributed by atoms with E-state index in [2.05, 4.69) is 35.9 Å². The summed E-state index contributed by atoms with van der Waals surface area (Å²) in [5, 5.41) is 31.1. The van der Waals surface area contributed by atoms with E-state index < -0.39 is 17.6 Å². The molecule has 0 bridgehead atoms. The van der Waals surface area contributed by atoms with Crippen LogP contribution in [0.2, 0.25) is 0 Å². The van der Waals surface area contributed by atoms with Crippen LogP contribution in [0.4, 0.5) is 28.5 Å². The molecule has 4 N–H and O–H groups in total. The van der Waals surface area contributed by atoms with Gasteiger partial charge in [-0.15, -0.1) is 11.3 Å². The van der Waals surface area contributed by atoms with Gasteiger partial charge in [-0.1, -0.05) is 76.9 Å². The lowest BCUT2D eigenvalue weighted by Gasteiger charge is -2.15. The van der Waals surface area contributed by atoms with Gasteiger partial charge in [-0.2, -0.15) is 18.3 Å². The van der Waals surface area contributed by atoms with Crippen LogP contribution in [0.1, 0.15) is 45.5 Å². The zero-order valence-corrected chi connectivity index (χ0v) is 33.9. The zero-order chi connectivity index (χ0) is 42.8. The van der Waals surface area contributed by atoms with Crippen LogP contribution in [0.25, 0.3) is 27.6 Å². The molecule has 0 atom stereocenters. The predicted octanol–water partition coefficient (Wildman–Crippen LogP) is 8.95. The number of benzene rings is 4. The molecular formula is C42H38F4N9O4S2+. The fraction of sp³-hybridized carbons (Fsp3) is 0.214. The topological polar surface area (TPSA) is 165 Å². The summed E-state index contributed by atoms with van der Waals surface area (Å²) in [6.45, 7) is 0.860. The summed E-state index contributed by atoms with van der Waals surface area (Å²) in [6.07, 6.45) is -1.07. The molecule has 3 heterocycles. The van der Waals surface area contributed by atoms with Gasteiger partial charge in [0.1, 0.15) is 18.2 Å². The Morgan fingerprint density at radius 2 is 1.74 bits per heavy atom. The number of halogens is 4. The van der Waals surface area contributed by atoms with E-state index in [1.54, 1.807) is 41.9 Å². The van der Waals surface area contributed by atoms with Gasteiger partial charge in [-0.3, -0.25) is 4.79 Å². The van der Waals surface area contributed by atoms with Gasteiger partial charge in [0.25, 0.3) is 11.0 Å². The van der Waals surface area contributed by atoms with Crippen molar-refractivity contribution in [3.05, 3.63) is 146 Å². The summed E-state index contributed by atoms with van der Waals surface area (Å²) in [4.78, 5) is 36.5. The molecule has 0 spiro atoms. The molecule has 13 nitrogen and oxygen atoms in total. The number of aromatic nitrogens is 5. The van der Waals surface area contributed by atoms with E-state index in [9.17, 15) is 32.4 Å². The molecule has 19 heteroatoms. The Bertz CT molecular complexity index is 2650. The number of thiazole rings is 2. The molecular weight excluding hydrogens is 835 g/mol. The molecule has 0 fully saturated rings. The van der Waals surface area contributed by atoms with Crippen LogP contribution in [0, 0.1) is 10.7 Å². The lowest BCUT2D eigenvalue weighted by molar-refractivity contribution is -0.574. The number of nitrogens with one attached hydrogen (secondary N) is 3. The minimum absolute atomic E-state index is 0.0451. The second kappa shape index (κ2) is 19.8. The number of unbranched alkanes of at least 4 members (excludes halogenated alkanes) is 1. The molecule has 0 aliphatic rings. The normalized spacial score (nSPS) is 11.7. The van der Waals surface area contributed by atoms with E-state index in [1.807, 2.05) is 47.8 Å². The van der Waals surface area contributed by atoms with Crippen LogP contribution in [0.3, 0.4) is 0 Å². The number of carbonyl (C=O) groups excluding carboxylic acids is 1. The Kier molecular flexibility index (Phi) is 13.8. The van der Waals surface area contributed by atoms with Gasteiger partial charge in [0.15, 0.2) is 0 Å². The maximum Gasteiger partial charge on any atom is 0.419 e. The van der Waals surface area contributed by atoms with Crippen LogP contribution in [-0.4, -0.2) is 50.6 Å². The SMILES string of the molecule is O=C(NCCCCc1ccc(OCc2ccc(F)c(C(F)(F)F)c2)c(CNCCO)c1)c1ccc(-c2csc(-n3[nH]c(-c4ccccc4)c(/N=N/c4nccs4)[n+]3=O)n2)cc1. The van der Waals surface area contributed by atoms with E-state index in [0.29, 0.717) is 70.0 Å². The molecule has 61 heavy (non-hydrogen) atoms. The number of aryl methyl sites for hydroxylation is 1. The van der Waals surface area contributed by atoms with Crippen LogP contribution >= 0.6 is 22.7 Å². The number of nitrogens with zero attached hydrogens (tertiary/aromatic N) is 6. The van der Waals surface area contributed by atoms with Crippen molar-refractivity contribution in [3.63, 3.8) is 0 Å². The number of alkyl halides is 3. The summed E-state index contributed by atoms with van der Waals surface area (Å²) in [5.41, 5.74) is 3.61. The number of aliphatic hydroxyl groups excluding tert-OH is 1. The van der Waals surface area contributed by atoms with Crippen molar-refractivity contribution < 1.29 is 36.7 Å². The molecule has 0 unspecified atom stereocenters. The largest absolute Gasteiger partial charge is 0.489 e.